The minimum Gasteiger partial charge on any atom is -0.334 e. The Balaban J connectivity index is 1.60. The number of carbonyl (C=O) groups is 2. The van der Waals surface area contributed by atoms with E-state index in [0.717, 1.165) is 5.56 Å². The summed E-state index contributed by atoms with van der Waals surface area (Å²) in [7, 11) is 0. The summed E-state index contributed by atoms with van der Waals surface area (Å²) in [6.45, 7) is 0.269. The largest absolute Gasteiger partial charge is 0.334 e. The summed E-state index contributed by atoms with van der Waals surface area (Å²) in [4.78, 5) is 24.4. The third kappa shape index (κ3) is 5.31. The van der Waals surface area contributed by atoms with E-state index in [1.165, 1.54) is 24.3 Å². The Hall–Kier alpha value is -3.38. The minimum atomic E-state index is -0.441. The lowest BCUT2D eigenvalue weighted by Gasteiger charge is -2.10. The van der Waals surface area contributed by atoms with Gasteiger partial charge in [0.05, 0.1) is 0 Å². The number of halogens is 2. The van der Waals surface area contributed by atoms with Gasteiger partial charge in [-0.15, -0.1) is 0 Å². The maximum Gasteiger partial charge on any atom is 0.319 e. The van der Waals surface area contributed by atoms with Crippen LogP contribution >= 0.6 is 11.6 Å². The van der Waals surface area contributed by atoms with Crippen LogP contribution in [0.25, 0.3) is 0 Å². The first kappa shape index (κ1) is 19.4. The average molecular weight is 398 g/mol. The molecule has 0 atom stereocenters. The molecule has 142 valence electrons. The van der Waals surface area contributed by atoms with Gasteiger partial charge in [0.1, 0.15) is 5.82 Å². The van der Waals surface area contributed by atoms with Crippen LogP contribution in [0.5, 0.6) is 0 Å². The van der Waals surface area contributed by atoms with Crippen LogP contribution in [0.4, 0.5) is 20.6 Å². The first-order chi connectivity index (χ1) is 13.5. The normalized spacial score (nSPS) is 10.2. The molecule has 0 saturated carbocycles. The van der Waals surface area contributed by atoms with Crippen LogP contribution in [0.2, 0.25) is 5.02 Å². The second-order valence-corrected chi connectivity index (χ2v) is 6.35. The predicted octanol–water partition coefficient (Wildman–Crippen LogP) is 5.05. The Bertz CT molecular complexity index is 1010. The maximum absolute atomic E-state index is 13.2. The monoisotopic (exact) mass is 397 g/mol. The summed E-state index contributed by atoms with van der Waals surface area (Å²) in [5.74, 6) is -0.853. The number of urea groups is 1. The van der Waals surface area contributed by atoms with Crippen LogP contribution < -0.4 is 16.0 Å². The highest BCUT2D eigenvalue weighted by atomic mass is 35.5. The molecule has 3 aromatic rings. The van der Waals surface area contributed by atoms with Gasteiger partial charge in [0.2, 0.25) is 0 Å². The summed E-state index contributed by atoms with van der Waals surface area (Å²) in [6.07, 6.45) is 0. The van der Waals surface area contributed by atoms with Gasteiger partial charge in [0.15, 0.2) is 0 Å². The second kappa shape index (κ2) is 9.01. The molecule has 5 nitrogen and oxygen atoms in total. The lowest BCUT2D eigenvalue weighted by molar-refractivity contribution is 0.102. The third-order valence-corrected chi connectivity index (χ3v) is 4.23. The molecule has 0 fully saturated rings. The molecular weight excluding hydrogens is 381 g/mol. The van der Waals surface area contributed by atoms with Gasteiger partial charge in [0.25, 0.3) is 5.91 Å². The van der Waals surface area contributed by atoms with Crippen molar-refractivity contribution >= 4 is 34.9 Å². The average Bonchev–Trinajstić information content (AvgIpc) is 2.67. The van der Waals surface area contributed by atoms with Gasteiger partial charge in [0, 0.05) is 28.5 Å². The van der Waals surface area contributed by atoms with Crippen molar-refractivity contribution in [1.29, 1.82) is 0 Å². The lowest BCUT2D eigenvalue weighted by atomic mass is 10.2. The summed E-state index contributed by atoms with van der Waals surface area (Å²) in [5, 5.41) is 8.55. The number of benzene rings is 3. The highest BCUT2D eigenvalue weighted by Crippen LogP contribution is 2.16. The first-order valence-corrected chi connectivity index (χ1v) is 8.84. The molecule has 0 spiro atoms. The zero-order chi connectivity index (χ0) is 19.9. The van der Waals surface area contributed by atoms with Crippen molar-refractivity contribution in [2.24, 2.45) is 0 Å². The van der Waals surface area contributed by atoms with Crippen molar-refractivity contribution in [3.05, 3.63) is 94.8 Å². The zero-order valence-electron chi connectivity index (χ0n) is 14.7. The van der Waals surface area contributed by atoms with Crippen LogP contribution in [0, 0.1) is 5.82 Å². The van der Waals surface area contributed by atoms with E-state index in [4.69, 9.17) is 11.6 Å². The molecule has 0 bridgehead atoms. The summed E-state index contributed by atoms with van der Waals surface area (Å²) in [6, 6.07) is 18.8. The fraction of sp³-hybridized carbons (Fsp3) is 0.0476. The Labute approximate surface area is 166 Å². The molecule has 28 heavy (non-hydrogen) atoms. The topological polar surface area (TPSA) is 70.2 Å². The van der Waals surface area contributed by atoms with Crippen LogP contribution in [0.1, 0.15) is 15.9 Å². The number of anilines is 2. The van der Waals surface area contributed by atoms with Gasteiger partial charge in [-0.05, 0) is 48.0 Å². The Morgan fingerprint density at radius 1 is 0.857 bits per heavy atom. The Morgan fingerprint density at radius 3 is 2.32 bits per heavy atom. The highest BCUT2D eigenvalue weighted by molar-refractivity contribution is 6.31. The van der Waals surface area contributed by atoms with Gasteiger partial charge in [-0.2, -0.15) is 0 Å². The van der Waals surface area contributed by atoms with Crippen molar-refractivity contribution in [2.75, 3.05) is 10.6 Å². The van der Waals surface area contributed by atoms with Crippen LogP contribution in [-0.2, 0) is 6.54 Å². The second-order valence-electron chi connectivity index (χ2n) is 5.94. The summed E-state index contributed by atoms with van der Waals surface area (Å²) < 4.78 is 13.2. The zero-order valence-corrected chi connectivity index (χ0v) is 15.5. The first-order valence-electron chi connectivity index (χ1n) is 8.46. The molecule has 3 rings (SSSR count). The number of rotatable bonds is 5. The molecule has 3 amide bonds. The number of hydrogen-bond donors (Lipinski definition) is 3. The van der Waals surface area contributed by atoms with Gasteiger partial charge < -0.3 is 16.0 Å². The number of carbonyl (C=O) groups excluding carboxylic acids is 2. The van der Waals surface area contributed by atoms with E-state index in [2.05, 4.69) is 16.0 Å². The van der Waals surface area contributed by atoms with Crippen LogP contribution in [0.15, 0.2) is 72.8 Å². The molecular formula is C21H17ClFN3O2. The number of nitrogens with one attached hydrogen (secondary N) is 3. The van der Waals surface area contributed by atoms with E-state index in [1.54, 1.807) is 30.3 Å². The number of hydrogen-bond acceptors (Lipinski definition) is 2. The van der Waals surface area contributed by atoms with Crippen molar-refractivity contribution in [2.45, 2.75) is 6.54 Å². The molecule has 0 aliphatic carbocycles. The molecule has 3 N–H and O–H groups in total. The van der Waals surface area contributed by atoms with Gasteiger partial charge in [-0.3, -0.25) is 4.79 Å². The quantitative estimate of drug-likeness (QED) is 0.563. The van der Waals surface area contributed by atoms with Crippen LogP contribution in [-0.4, -0.2) is 11.9 Å². The fourth-order valence-corrected chi connectivity index (χ4v) is 2.70. The molecule has 3 aromatic carbocycles. The van der Waals surface area contributed by atoms with Crippen molar-refractivity contribution in [3.63, 3.8) is 0 Å². The van der Waals surface area contributed by atoms with Crippen molar-refractivity contribution in [3.8, 4) is 0 Å². The van der Waals surface area contributed by atoms with Crippen LogP contribution in [0.3, 0.4) is 0 Å². The SMILES string of the molecule is O=C(NCc1ccccc1Cl)Nc1cccc(C(=O)Nc2cccc(F)c2)c1. The fourth-order valence-electron chi connectivity index (χ4n) is 2.50. The molecule has 0 aliphatic heterocycles. The Kier molecular flexibility index (Phi) is 6.24. The van der Waals surface area contributed by atoms with Gasteiger partial charge >= 0.3 is 6.03 Å². The molecule has 0 saturated heterocycles. The van der Waals surface area contributed by atoms with E-state index < -0.39 is 17.8 Å². The van der Waals surface area contributed by atoms with E-state index in [1.807, 2.05) is 18.2 Å². The molecule has 0 heterocycles. The highest BCUT2D eigenvalue weighted by Gasteiger charge is 2.09. The predicted molar refractivity (Wildman–Crippen MR) is 108 cm³/mol. The van der Waals surface area contributed by atoms with Crippen molar-refractivity contribution in [1.82, 2.24) is 5.32 Å². The molecule has 7 heteroatoms. The molecule has 0 aromatic heterocycles. The standard InChI is InChI=1S/C21H17ClFN3O2/c22-19-10-2-1-5-15(19)13-24-21(28)26-17-8-3-6-14(11-17)20(27)25-18-9-4-7-16(23)12-18/h1-12H,13H2,(H,25,27)(H2,24,26,28). The lowest BCUT2D eigenvalue weighted by Crippen LogP contribution is -2.28. The minimum absolute atomic E-state index is 0.269. The van der Waals surface area contributed by atoms with E-state index in [0.29, 0.717) is 22.0 Å². The number of amides is 3. The van der Waals surface area contributed by atoms with E-state index >= 15 is 0 Å². The Morgan fingerprint density at radius 2 is 1.57 bits per heavy atom. The van der Waals surface area contributed by atoms with E-state index in [9.17, 15) is 14.0 Å². The third-order valence-electron chi connectivity index (χ3n) is 3.86. The molecule has 0 aliphatic rings. The molecule has 0 radical (unpaired) electrons. The van der Waals surface area contributed by atoms with Gasteiger partial charge in [-0.1, -0.05) is 41.9 Å². The summed E-state index contributed by atoms with van der Waals surface area (Å²) in [5.41, 5.74) is 1.92. The summed E-state index contributed by atoms with van der Waals surface area (Å²) >= 11 is 6.06. The van der Waals surface area contributed by atoms with E-state index in [-0.39, 0.29) is 6.54 Å². The maximum atomic E-state index is 13.2. The smallest absolute Gasteiger partial charge is 0.319 e. The molecule has 0 unspecified atom stereocenters. The van der Waals surface area contributed by atoms with Crippen molar-refractivity contribution < 1.29 is 14.0 Å². The van der Waals surface area contributed by atoms with Gasteiger partial charge in [-0.25, -0.2) is 9.18 Å².